The van der Waals surface area contributed by atoms with Gasteiger partial charge in [-0.3, -0.25) is 4.84 Å². The van der Waals surface area contributed by atoms with Crippen molar-refractivity contribution in [2.75, 3.05) is 7.05 Å². The van der Waals surface area contributed by atoms with Crippen LogP contribution in [0.4, 0.5) is 0 Å². The van der Waals surface area contributed by atoms with Crippen molar-refractivity contribution in [2.24, 2.45) is 5.41 Å². The summed E-state index contributed by atoms with van der Waals surface area (Å²) in [5, 5.41) is 38.7. The second-order valence-electron chi connectivity index (χ2n) is 4.39. The van der Waals surface area contributed by atoms with E-state index in [0.717, 1.165) is 0 Å². The van der Waals surface area contributed by atoms with Crippen LogP contribution in [0.2, 0.25) is 0 Å². The highest BCUT2D eigenvalue weighted by atomic mass is 16.7. The highest BCUT2D eigenvalue weighted by Gasteiger charge is 2.69. The van der Waals surface area contributed by atoms with E-state index in [0.29, 0.717) is 5.56 Å². The molecule has 0 amide bonds. The molecule has 0 aromatic heterocycles. The average Bonchev–Trinajstić information content (AvgIpc) is 2.76. The van der Waals surface area contributed by atoms with Crippen LogP contribution in [0, 0.1) is 50.7 Å². The molecule has 0 bridgehead atoms. The highest BCUT2D eigenvalue weighted by molar-refractivity contribution is 5.45. The summed E-state index contributed by atoms with van der Waals surface area (Å²) >= 11 is 0. The fourth-order valence-electron chi connectivity index (χ4n) is 2.45. The molecule has 1 atom stereocenters. The predicted octanol–water partition coefficient (Wildman–Crippen LogP) is 1.42. The van der Waals surface area contributed by atoms with Crippen molar-refractivity contribution >= 4 is 0 Å². The van der Waals surface area contributed by atoms with Crippen LogP contribution in [0.5, 0.6) is 0 Å². The molecule has 0 spiro atoms. The van der Waals surface area contributed by atoms with Crippen molar-refractivity contribution in [2.45, 2.75) is 11.6 Å². The van der Waals surface area contributed by atoms with Crippen LogP contribution in [-0.4, -0.2) is 17.7 Å². The number of hydrogen-bond acceptors (Lipinski definition) is 6. The third kappa shape index (κ3) is 1.48. The van der Waals surface area contributed by atoms with E-state index in [1.807, 2.05) is 12.1 Å². The zero-order chi connectivity index (χ0) is 14.8. The molecule has 0 saturated carbocycles. The van der Waals surface area contributed by atoms with Crippen LogP contribution in [0.15, 0.2) is 30.3 Å². The fraction of sp³-hybridized carbons (Fsp3) is 0.286. The summed E-state index contributed by atoms with van der Waals surface area (Å²) in [6, 6.07) is 14.9. The number of hydrogen-bond donors (Lipinski definition) is 0. The minimum Gasteiger partial charge on any atom is -0.258 e. The number of hydroxylamine groups is 2. The normalized spacial score (nSPS) is 22.9. The number of rotatable bonds is 1. The molecule has 1 aliphatic heterocycles. The summed E-state index contributed by atoms with van der Waals surface area (Å²) in [7, 11) is 1.50. The van der Waals surface area contributed by atoms with E-state index in [1.54, 1.807) is 42.5 Å². The molecule has 20 heavy (non-hydrogen) atoms. The highest BCUT2D eigenvalue weighted by Crippen LogP contribution is 2.53. The first-order valence-electron chi connectivity index (χ1n) is 5.72. The van der Waals surface area contributed by atoms with Crippen LogP contribution >= 0.6 is 0 Å². The Labute approximate surface area is 116 Å². The number of nitriles is 4. The van der Waals surface area contributed by atoms with E-state index >= 15 is 0 Å². The largest absolute Gasteiger partial charge is 0.293 e. The van der Waals surface area contributed by atoms with Gasteiger partial charge in [0.1, 0.15) is 12.1 Å². The van der Waals surface area contributed by atoms with Crippen LogP contribution in [0.25, 0.3) is 0 Å². The van der Waals surface area contributed by atoms with Gasteiger partial charge in [0.2, 0.25) is 5.41 Å². The maximum atomic E-state index is 9.48. The van der Waals surface area contributed by atoms with Crippen LogP contribution in [-0.2, 0) is 4.84 Å². The Balaban J connectivity index is 2.72. The molecular weight excluding hydrogens is 254 g/mol. The molecule has 1 aromatic carbocycles. The van der Waals surface area contributed by atoms with E-state index in [9.17, 15) is 21.0 Å². The Kier molecular flexibility index (Phi) is 3.15. The van der Waals surface area contributed by atoms with Gasteiger partial charge in [-0.05, 0) is 5.56 Å². The molecule has 1 unspecified atom stereocenters. The lowest BCUT2D eigenvalue weighted by molar-refractivity contribution is -0.153. The number of nitrogens with zero attached hydrogens (tertiary/aromatic N) is 5. The maximum Gasteiger partial charge on any atom is 0.293 e. The van der Waals surface area contributed by atoms with Gasteiger partial charge in [0, 0.05) is 7.05 Å². The Bertz CT molecular complexity index is 657. The summed E-state index contributed by atoms with van der Waals surface area (Å²) in [6.07, 6.45) is 0. The summed E-state index contributed by atoms with van der Waals surface area (Å²) in [5.41, 5.74) is -3.44. The van der Waals surface area contributed by atoms with Crippen molar-refractivity contribution in [3.05, 3.63) is 35.9 Å². The molecule has 0 radical (unpaired) electrons. The van der Waals surface area contributed by atoms with Crippen LogP contribution < -0.4 is 0 Å². The lowest BCUT2D eigenvalue weighted by Gasteiger charge is -2.25. The van der Waals surface area contributed by atoms with E-state index in [4.69, 9.17) is 4.84 Å². The van der Waals surface area contributed by atoms with E-state index < -0.39 is 17.1 Å². The Morgan fingerprint density at radius 2 is 1.55 bits per heavy atom. The smallest absolute Gasteiger partial charge is 0.258 e. The molecule has 1 saturated heterocycles. The van der Waals surface area contributed by atoms with Crippen LogP contribution in [0.3, 0.4) is 0 Å². The molecule has 1 fully saturated rings. The molecular formula is C14H9N5O. The standard InChI is InChI=1S/C14H9N5O/c1-19-12(11-5-3-2-4-6-11)13(7-15,8-16)14(9-17,10-18)20-19/h2-6,12H,1H3. The minimum absolute atomic E-state index is 0.630. The topological polar surface area (TPSA) is 108 Å². The van der Waals surface area contributed by atoms with Gasteiger partial charge >= 0.3 is 0 Å². The summed E-state index contributed by atoms with van der Waals surface area (Å²) in [4.78, 5) is 5.28. The van der Waals surface area contributed by atoms with Gasteiger partial charge in [0.05, 0.1) is 18.2 Å². The Hall–Kier alpha value is -2.90. The summed E-state index contributed by atoms with van der Waals surface area (Å²) in [5.74, 6) is 0. The van der Waals surface area contributed by atoms with Crippen molar-refractivity contribution in [1.29, 1.82) is 21.0 Å². The first-order valence-corrected chi connectivity index (χ1v) is 5.72. The Morgan fingerprint density at radius 3 is 2.00 bits per heavy atom. The molecule has 6 heteroatoms. The number of benzene rings is 1. The second kappa shape index (κ2) is 4.65. The molecule has 1 aromatic rings. The third-order valence-electron chi connectivity index (χ3n) is 3.39. The van der Waals surface area contributed by atoms with Gasteiger partial charge in [-0.25, -0.2) is 0 Å². The van der Waals surface area contributed by atoms with E-state index in [1.165, 1.54) is 12.1 Å². The first kappa shape index (κ1) is 13.5. The SMILES string of the molecule is CN1OC(C#N)(C#N)C(C#N)(C#N)C1c1ccccc1. The summed E-state index contributed by atoms with van der Waals surface area (Å²) < 4.78 is 0. The van der Waals surface area contributed by atoms with Crippen LogP contribution in [0.1, 0.15) is 11.6 Å². The fourth-order valence-corrected chi connectivity index (χ4v) is 2.45. The van der Waals surface area contributed by atoms with Crippen molar-refractivity contribution in [3.63, 3.8) is 0 Å². The molecule has 1 aliphatic rings. The average molecular weight is 263 g/mol. The lowest BCUT2D eigenvalue weighted by Crippen LogP contribution is -2.43. The van der Waals surface area contributed by atoms with E-state index in [2.05, 4.69) is 0 Å². The van der Waals surface area contributed by atoms with Gasteiger partial charge in [0.25, 0.3) is 5.60 Å². The molecule has 96 valence electrons. The minimum atomic E-state index is -2.15. The van der Waals surface area contributed by atoms with Crippen molar-refractivity contribution in [1.82, 2.24) is 5.06 Å². The molecule has 1 heterocycles. The van der Waals surface area contributed by atoms with Gasteiger partial charge in [0.15, 0.2) is 0 Å². The van der Waals surface area contributed by atoms with Gasteiger partial charge in [-0.2, -0.15) is 26.1 Å². The van der Waals surface area contributed by atoms with Gasteiger partial charge < -0.3 is 0 Å². The zero-order valence-electron chi connectivity index (χ0n) is 10.6. The maximum absolute atomic E-state index is 9.48. The van der Waals surface area contributed by atoms with E-state index in [-0.39, 0.29) is 0 Å². The summed E-state index contributed by atoms with van der Waals surface area (Å²) in [6.45, 7) is 0. The van der Waals surface area contributed by atoms with Crippen molar-refractivity contribution < 1.29 is 4.84 Å². The van der Waals surface area contributed by atoms with Gasteiger partial charge in [-0.15, -0.1) is 0 Å². The molecule has 2 rings (SSSR count). The molecule has 0 N–H and O–H groups in total. The van der Waals surface area contributed by atoms with Gasteiger partial charge in [-0.1, -0.05) is 30.3 Å². The lowest BCUT2D eigenvalue weighted by atomic mass is 9.69. The second-order valence-corrected chi connectivity index (χ2v) is 4.39. The Morgan fingerprint density at radius 1 is 1.00 bits per heavy atom. The quantitative estimate of drug-likeness (QED) is 0.758. The molecule has 0 aliphatic carbocycles. The predicted molar refractivity (Wildman–Crippen MR) is 65.6 cm³/mol. The first-order chi connectivity index (χ1) is 9.60. The zero-order valence-corrected chi connectivity index (χ0v) is 10.6. The monoisotopic (exact) mass is 263 g/mol. The third-order valence-corrected chi connectivity index (χ3v) is 3.39. The molecule has 6 nitrogen and oxygen atoms in total. The van der Waals surface area contributed by atoms with Crippen molar-refractivity contribution in [3.8, 4) is 24.3 Å².